The van der Waals surface area contributed by atoms with Crippen molar-refractivity contribution in [1.82, 2.24) is 5.32 Å². The molecule has 0 saturated heterocycles. The minimum absolute atomic E-state index is 0.247. The third-order valence-corrected chi connectivity index (χ3v) is 3.09. The molecule has 0 saturated carbocycles. The molecular formula is C14H18BrNO2. The number of halogens is 1. The van der Waals surface area contributed by atoms with Gasteiger partial charge in [0.25, 0.3) is 0 Å². The van der Waals surface area contributed by atoms with Crippen LogP contribution in [0.3, 0.4) is 0 Å². The molecule has 1 N–H and O–H groups in total. The summed E-state index contributed by atoms with van der Waals surface area (Å²) in [5.74, 6) is -0.247. The van der Waals surface area contributed by atoms with Gasteiger partial charge in [-0.05, 0) is 24.1 Å². The molecule has 4 heteroatoms. The summed E-state index contributed by atoms with van der Waals surface area (Å²) < 4.78 is 5.77. The summed E-state index contributed by atoms with van der Waals surface area (Å²) in [5.41, 5.74) is 1.92. The maximum absolute atomic E-state index is 11.3. The zero-order chi connectivity index (χ0) is 13.4. The lowest BCUT2D eigenvalue weighted by Crippen LogP contribution is -2.15. The van der Waals surface area contributed by atoms with Crippen LogP contribution in [0.2, 0.25) is 0 Å². The van der Waals surface area contributed by atoms with E-state index in [1.54, 1.807) is 0 Å². The normalized spacial score (nSPS) is 11.4. The Kier molecular flexibility index (Phi) is 6.68. The van der Waals surface area contributed by atoms with Gasteiger partial charge in [-0.1, -0.05) is 41.1 Å². The van der Waals surface area contributed by atoms with Crippen LogP contribution in [0, 0.1) is 0 Å². The summed E-state index contributed by atoms with van der Waals surface area (Å²) in [7, 11) is 1.40. The van der Waals surface area contributed by atoms with Crippen LogP contribution in [-0.4, -0.2) is 19.6 Å². The van der Waals surface area contributed by atoms with Crippen molar-refractivity contribution in [3.05, 3.63) is 46.0 Å². The predicted octanol–water partition coefficient (Wildman–Crippen LogP) is 3.05. The van der Waals surface area contributed by atoms with Gasteiger partial charge in [-0.3, -0.25) is 0 Å². The molecule has 0 aliphatic rings. The lowest BCUT2D eigenvalue weighted by molar-refractivity contribution is -0.136. The molecule has 0 amide bonds. The Morgan fingerprint density at radius 1 is 1.39 bits per heavy atom. The van der Waals surface area contributed by atoms with Crippen LogP contribution in [0.15, 0.2) is 40.4 Å². The number of methoxy groups -OCH3 is 1. The maximum Gasteiger partial charge on any atom is 0.333 e. The highest BCUT2D eigenvalue weighted by Gasteiger charge is 2.05. The molecule has 0 aliphatic heterocycles. The third-order valence-electron chi connectivity index (χ3n) is 2.56. The van der Waals surface area contributed by atoms with Crippen LogP contribution in [0.25, 0.3) is 0 Å². The first-order chi connectivity index (χ1) is 8.67. The van der Waals surface area contributed by atoms with Crippen LogP contribution < -0.4 is 5.32 Å². The molecule has 1 rings (SSSR count). The number of hydrogen-bond donors (Lipinski definition) is 1. The van der Waals surface area contributed by atoms with Crippen molar-refractivity contribution in [2.45, 2.75) is 19.9 Å². The Bertz CT molecular complexity index is 412. The van der Waals surface area contributed by atoms with Gasteiger partial charge in [0.2, 0.25) is 0 Å². The molecule has 0 bridgehead atoms. The van der Waals surface area contributed by atoms with E-state index in [2.05, 4.69) is 33.4 Å². The highest BCUT2D eigenvalue weighted by Crippen LogP contribution is 2.10. The summed E-state index contributed by atoms with van der Waals surface area (Å²) in [6.45, 7) is 3.38. The van der Waals surface area contributed by atoms with Gasteiger partial charge in [-0.2, -0.15) is 0 Å². The van der Waals surface area contributed by atoms with E-state index in [-0.39, 0.29) is 5.97 Å². The Balaban J connectivity index is 2.39. The molecule has 1 aromatic rings. The average Bonchev–Trinajstić information content (AvgIpc) is 2.40. The van der Waals surface area contributed by atoms with Crippen LogP contribution >= 0.6 is 15.9 Å². The van der Waals surface area contributed by atoms with Gasteiger partial charge in [0.1, 0.15) is 0 Å². The van der Waals surface area contributed by atoms with Crippen molar-refractivity contribution < 1.29 is 9.53 Å². The molecule has 0 spiro atoms. The first kappa shape index (κ1) is 14.9. The molecule has 0 heterocycles. The van der Waals surface area contributed by atoms with Crippen molar-refractivity contribution in [2.75, 3.05) is 13.7 Å². The Labute approximate surface area is 116 Å². The molecule has 3 nitrogen and oxygen atoms in total. The number of ether oxygens (including phenoxy) is 1. The molecule has 1 aromatic carbocycles. The highest BCUT2D eigenvalue weighted by molar-refractivity contribution is 9.10. The summed E-state index contributed by atoms with van der Waals surface area (Å²) in [5, 5.41) is 3.27. The zero-order valence-electron chi connectivity index (χ0n) is 10.7. The molecule has 0 aromatic heterocycles. The third kappa shape index (κ3) is 5.02. The first-order valence-corrected chi connectivity index (χ1v) is 6.69. The van der Waals surface area contributed by atoms with E-state index in [1.807, 2.05) is 25.1 Å². The number of carbonyl (C=O) groups is 1. The van der Waals surface area contributed by atoms with Crippen molar-refractivity contribution >= 4 is 21.9 Å². The lowest BCUT2D eigenvalue weighted by Gasteiger charge is -2.04. The molecular weight excluding hydrogens is 294 g/mol. The van der Waals surface area contributed by atoms with Gasteiger partial charge < -0.3 is 10.1 Å². The predicted molar refractivity (Wildman–Crippen MR) is 76.2 cm³/mol. The van der Waals surface area contributed by atoms with E-state index in [0.29, 0.717) is 18.5 Å². The van der Waals surface area contributed by atoms with Gasteiger partial charge in [0.15, 0.2) is 0 Å². The number of carbonyl (C=O) groups excluding carboxylic acids is 1. The second kappa shape index (κ2) is 8.06. The van der Waals surface area contributed by atoms with Gasteiger partial charge in [0.05, 0.1) is 7.11 Å². The second-order valence-electron chi connectivity index (χ2n) is 3.83. The molecule has 0 radical (unpaired) electrons. The number of benzene rings is 1. The minimum Gasteiger partial charge on any atom is -0.466 e. The molecule has 0 fully saturated rings. The number of esters is 1. The summed E-state index contributed by atoms with van der Waals surface area (Å²) in [6.07, 6.45) is 2.57. The van der Waals surface area contributed by atoms with Crippen LogP contribution in [0.1, 0.15) is 18.9 Å². The van der Waals surface area contributed by atoms with Crippen molar-refractivity contribution in [3.8, 4) is 0 Å². The van der Waals surface area contributed by atoms with Gasteiger partial charge >= 0.3 is 5.97 Å². The maximum atomic E-state index is 11.3. The molecule has 98 valence electrons. The van der Waals surface area contributed by atoms with Crippen LogP contribution in [0.5, 0.6) is 0 Å². The van der Waals surface area contributed by atoms with E-state index in [0.717, 1.165) is 11.0 Å². The fourth-order valence-corrected chi connectivity index (χ4v) is 1.78. The SMILES string of the molecule is CC/C(=C/CNCc1ccc(Br)cc1)C(=O)OC. The van der Waals surface area contributed by atoms with Crippen molar-refractivity contribution in [2.24, 2.45) is 0 Å². The monoisotopic (exact) mass is 311 g/mol. The second-order valence-corrected chi connectivity index (χ2v) is 4.75. The minimum atomic E-state index is -0.247. The number of rotatable bonds is 6. The summed E-state index contributed by atoms with van der Waals surface area (Å²) >= 11 is 3.40. The fourth-order valence-electron chi connectivity index (χ4n) is 1.52. The molecule has 0 unspecified atom stereocenters. The topological polar surface area (TPSA) is 38.3 Å². The fraction of sp³-hybridized carbons (Fsp3) is 0.357. The quantitative estimate of drug-likeness (QED) is 0.498. The van der Waals surface area contributed by atoms with E-state index in [4.69, 9.17) is 4.74 Å². The lowest BCUT2D eigenvalue weighted by atomic mass is 10.2. The zero-order valence-corrected chi connectivity index (χ0v) is 12.3. The van der Waals surface area contributed by atoms with Crippen molar-refractivity contribution in [1.29, 1.82) is 0 Å². The Morgan fingerprint density at radius 3 is 2.61 bits per heavy atom. The van der Waals surface area contributed by atoms with Gasteiger partial charge in [0, 0.05) is 23.1 Å². The van der Waals surface area contributed by atoms with Crippen molar-refractivity contribution in [3.63, 3.8) is 0 Å². The average molecular weight is 312 g/mol. The largest absolute Gasteiger partial charge is 0.466 e. The Hall–Kier alpha value is -1.13. The summed E-state index contributed by atoms with van der Waals surface area (Å²) in [6, 6.07) is 8.14. The van der Waals surface area contributed by atoms with Crippen LogP contribution in [-0.2, 0) is 16.1 Å². The first-order valence-electron chi connectivity index (χ1n) is 5.90. The van der Waals surface area contributed by atoms with Crippen LogP contribution in [0.4, 0.5) is 0 Å². The molecule has 0 aliphatic carbocycles. The number of hydrogen-bond acceptors (Lipinski definition) is 3. The smallest absolute Gasteiger partial charge is 0.333 e. The van der Waals surface area contributed by atoms with E-state index >= 15 is 0 Å². The van der Waals surface area contributed by atoms with Gasteiger partial charge in [-0.15, -0.1) is 0 Å². The van der Waals surface area contributed by atoms with E-state index < -0.39 is 0 Å². The standard InChI is InChI=1S/C14H18BrNO2/c1-3-12(14(17)18-2)8-9-16-10-11-4-6-13(15)7-5-11/h4-8,16H,3,9-10H2,1-2H3/b12-8-. The molecule has 0 atom stereocenters. The number of nitrogens with one attached hydrogen (secondary N) is 1. The van der Waals surface area contributed by atoms with E-state index in [1.165, 1.54) is 12.7 Å². The van der Waals surface area contributed by atoms with E-state index in [9.17, 15) is 4.79 Å². The van der Waals surface area contributed by atoms with Gasteiger partial charge in [-0.25, -0.2) is 4.79 Å². The summed E-state index contributed by atoms with van der Waals surface area (Å²) in [4.78, 5) is 11.3. The molecule has 18 heavy (non-hydrogen) atoms. The highest BCUT2D eigenvalue weighted by atomic mass is 79.9. The Morgan fingerprint density at radius 2 is 2.06 bits per heavy atom.